The van der Waals surface area contributed by atoms with Crippen molar-refractivity contribution in [1.29, 1.82) is 0 Å². The maximum atomic E-state index is 9.06. The summed E-state index contributed by atoms with van der Waals surface area (Å²) in [7, 11) is 0. The lowest BCUT2D eigenvalue weighted by molar-refractivity contribution is 0.302. The van der Waals surface area contributed by atoms with Gasteiger partial charge >= 0.3 is 0 Å². The second-order valence-corrected chi connectivity index (χ2v) is 5.02. The van der Waals surface area contributed by atoms with Crippen molar-refractivity contribution >= 4 is 33.3 Å². The summed E-state index contributed by atoms with van der Waals surface area (Å²) in [5.74, 6) is 1.10. The van der Waals surface area contributed by atoms with Crippen LogP contribution in [0.5, 0.6) is 0 Å². The van der Waals surface area contributed by atoms with Gasteiger partial charge in [0.1, 0.15) is 10.6 Å². The molecule has 0 aromatic carbocycles. The number of fused-ring (bicyclic) bond motifs is 1. The summed E-state index contributed by atoms with van der Waals surface area (Å²) in [6.07, 6.45) is 0. The smallest absolute Gasteiger partial charge is 0.223 e. The van der Waals surface area contributed by atoms with Gasteiger partial charge in [0.15, 0.2) is 0 Å². The van der Waals surface area contributed by atoms with E-state index >= 15 is 0 Å². The molecule has 6 heteroatoms. The number of thiophene rings is 1. The molecule has 0 aliphatic rings. The molecule has 2 aromatic rings. The Morgan fingerprint density at radius 2 is 2.24 bits per heavy atom. The van der Waals surface area contributed by atoms with Crippen molar-refractivity contribution in [1.82, 2.24) is 9.97 Å². The molecule has 0 saturated carbocycles. The Labute approximate surface area is 104 Å². The molecule has 0 saturated heterocycles. The van der Waals surface area contributed by atoms with E-state index < -0.39 is 0 Å². The molecule has 0 radical (unpaired) electrons. The SMILES string of the molecule is CCN(CCO)c1nc(N)nc2sc(C)cc12. The average molecular weight is 252 g/mol. The molecule has 0 fully saturated rings. The van der Waals surface area contributed by atoms with Crippen LogP contribution in [-0.4, -0.2) is 34.8 Å². The number of nitrogen functional groups attached to an aromatic ring is 1. The molecule has 0 bridgehead atoms. The summed E-state index contributed by atoms with van der Waals surface area (Å²) in [4.78, 5) is 12.6. The van der Waals surface area contributed by atoms with E-state index in [1.54, 1.807) is 11.3 Å². The van der Waals surface area contributed by atoms with E-state index in [1.165, 1.54) is 4.88 Å². The molecule has 3 N–H and O–H groups in total. The van der Waals surface area contributed by atoms with Gasteiger partial charge in [0.25, 0.3) is 0 Å². The highest BCUT2D eigenvalue weighted by molar-refractivity contribution is 7.18. The fourth-order valence-corrected chi connectivity index (χ4v) is 2.70. The summed E-state index contributed by atoms with van der Waals surface area (Å²) in [6, 6.07) is 2.06. The number of likely N-dealkylation sites (N-methyl/N-ethyl adjacent to an activating group) is 1. The zero-order valence-corrected chi connectivity index (χ0v) is 10.8. The number of rotatable bonds is 4. The van der Waals surface area contributed by atoms with E-state index in [1.807, 2.05) is 18.7 Å². The van der Waals surface area contributed by atoms with Crippen LogP contribution in [0.1, 0.15) is 11.8 Å². The Bertz CT molecular complexity index is 525. The van der Waals surface area contributed by atoms with Crippen LogP contribution in [0.25, 0.3) is 10.2 Å². The number of hydrogen-bond acceptors (Lipinski definition) is 6. The topological polar surface area (TPSA) is 75.3 Å². The van der Waals surface area contributed by atoms with Crippen molar-refractivity contribution in [2.75, 3.05) is 30.3 Å². The molecule has 2 aromatic heterocycles. The van der Waals surface area contributed by atoms with Crippen molar-refractivity contribution in [3.63, 3.8) is 0 Å². The highest BCUT2D eigenvalue weighted by Crippen LogP contribution is 2.30. The highest BCUT2D eigenvalue weighted by atomic mass is 32.1. The highest BCUT2D eigenvalue weighted by Gasteiger charge is 2.14. The predicted molar refractivity (Wildman–Crippen MR) is 71.5 cm³/mol. The monoisotopic (exact) mass is 252 g/mol. The number of aliphatic hydroxyl groups is 1. The zero-order chi connectivity index (χ0) is 12.4. The van der Waals surface area contributed by atoms with Gasteiger partial charge in [0.05, 0.1) is 12.0 Å². The van der Waals surface area contributed by atoms with E-state index in [0.29, 0.717) is 6.54 Å². The lowest BCUT2D eigenvalue weighted by Gasteiger charge is -2.21. The lowest BCUT2D eigenvalue weighted by atomic mass is 10.3. The van der Waals surface area contributed by atoms with Crippen molar-refractivity contribution in [2.45, 2.75) is 13.8 Å². The fraction of sp³-hybridized carbons (Fsp3) is 0.455. The maximum Gasteiger partial charge on any atom is 0.223 e. The first kappa shape index (κ1) is 12.1. The minimum atomic E-state index is 0.0996. The lowest BCUT2D eigenvalue weighted by Crippen LogP contribution is -2.27. The molecule has 0 spiro atoms. The fourth-order valence-electron chi connectivity index (χ4n) is 1.82. The first-order chi connectivity index (χ1) is 8.15. The standard InChI is InChI=1S/C11H16N4OS/c1-3-15(4-5-16)9-8-6-7(2)17-10(8)14-11(12)13-9/h6,16H,3-5H2,1-2H3,(H2,12,13,14). The van der Waals surface area contributed by atoms with Gasteiger partial charge in [0.2, 0.25) is 5.95 Å². The van der Waals surface area contributed by atoms with Crippen LogP contribution in [0.3, 0.4) is 0 Å². The van der Waals surface area contributed by atoms with E-state index in [4.69, 9.17) is 10.8 Å². The van der Waals surface area contributed by atoms with Gasteiger partial charge in [0, 0.05) is 18.0 Å². The number of anilines is 2. The molecular formula is C11H16N4OS. The van der Waals surface area contributed by atoms with Crippen LogP contribution < -0.4 is 10.6 Å². The second kappa shape index (κ2) is 4.85. The Morgan fingerprint density at radius 3 is 2.88 bits per heavy atom. The molecule has 92 valence electrons. The van der Waals surface area contributed by atoms with Crippen molar-refractivity contribution < 1.29 is 5.11 Å². The molecule has 0 aliphatic heterocycles. The van der Waals surface area contributed by atoms with Crippen molar-refractivity contribution in [3.8, 4) is 0 Å². The normalized spacial score (nSPS) is 11.0. The first-order valence-electron chi connectivity index (χ1n) is 5.55. The molecule has 2 heterocycles. The first-order valence-corrected chi connectivity index (χ1v) is 6.36. The van der Waals surface area contributed by atoms with E-state index in [0.717, 1.165) is 22.6 Å². The van der Waals surface area contributed by atoms with Gasteiger partial charge in [-0.1, -0.05) is 0 Å². The number of nitrogens with zero attached hydrogens (tertiary/aromatic N) is 3. The van der Waals surface area contributed by atoms with Gasteiger partial charge < -0.3 is 15.7 Å². The molecule has 0 amide bonds. The minimum absolute atomic E-state index is 0.0996. The number of nitrogens with two attached hydrogens (primary N) is 1. The van der Waals surface area contributed by atoms with E-state index in [9.17, 15) is 0 Å². The number of hydrogen-bond donors (Lipinski definition) is 2. The maximum absolute atomic E-state index is 9.06. The molecule has 17 heavy (non-hydrogen) atoms. The third-order valence-electron chi connectivity index (χ3n) is 2.56. The molecular weight excluding hydrogens is 236 g/mol. The van der Waals surface area contributed by atoms with Gasteiger partial charge in [-0.05, 0) is 19.9 Å². The Balaban J connectivity index is 2.57. The summed E-state index contributed by atoms with van der Waals surface area (Å²) in [5.41, 5.74) is 5.72. The van der Waals surface area contributed by atoms with Crippen molar-refractivity contribution in [2.24, 2.45) is 0 Å². The number of aromatic nitrogens is 2. The van der Waals surface area contributed by atoms with Crippen LogP contribution in [0.4, 0.5) is 11.8 Å². The number of aliphatic hydroxyl groups excluding tert-OH is 1. The largest absolute Gasteiger partial charge is 0.395 e. The van der Waals surface area contributed by atoms with Crippen LogP contribution in [0, 0.1) is 6.92 Å². The third-order valence-corrected chi connectivity index (χ3v) is 3.51. The van der Waals surface area contributed by atoms with Crippen LogP contribution in [0.15, 0.2) is 6.07 Å². The molecule has 5 nitrogen and oxygen atoms in total. The van der Waals surface area contributed by atoms with Crippen LogP contribution in [-0.2, 0) is 0 Å². The predicted octanol–water partition coefficient (Wildman–Crippen LogP) is 1.40. The van der Waals surface area contributed by atoms with Crippen molar-refractivity contribution in [3.05, 3.63) is 10.9 Å². The van der Waals surface area contributed by atoms with E-state index in [-0.39, 0.29) is 12.6 Å². The van der Waals surface area contributed by atoms with Gasteiger partial charge in [-0.25, -0.2) is 4.98 Å². The second-order valence-electron chi connectivity index (χ2n) is 3.78. The van der Waals surface area contributed by atoms with Gasteiger partial charge in [-0.15, -0.1) is 11.3 Å². The summed E-state index contributed by atoms with van der Waals surface area (Å²) >= 11 is 1.61. The van der Waals surface area contributed by atoms with Gasteiger partial charge in [-0.3, -0.25) is 0 Å². The molecule has 2 rings (SSSR count). The Kier molecular flexibility index (Phi) is 3.44. The summed E-state index contributed by atoms with van der Waals surface area (Å²) in [5, 5.41) is 10.1. The minimum Gasteiger partial charge on any atom is -0.395 e. The average Bonchev–Trinajstić information content (AvgIpc) is 2.65. The molecule has 0 aliphatic carbocycles. The van der Waals surface area contributed by atoms with Crippen LogP contribution in [0.2, 0.25) is 0 Å². The molecule has 0 atom stereocenters. The molecule has 0 unspecified atom stereocenters. The van der Waals surface area contributed by atoms with Gasteiger partial charge in [-0.2, -0.15) is 4.98 Å². The summed E-state index contributed by atoms with van der Waals surface area (Å²) in [6.45, 7) is 5.49. The summed E-state index contributed by atoms with van der Waals surface area (Å²) < 4.78 is 0. The third kappa shape index (κ3) is 2.32. The quantitative estimate of drug-likeness (QED) is 0.860. The van der Waals surface area contributed by atoms with Crippen LogP contribution >= 0.6 is 11.3 Å². The number of aryl methyl sites for hydroxylation is 1. The Morgan fingerprint density at radius 1 is 1.47 bits per heavy atom. The van der Waals surface area contributed by atoms with E-state index in [2.05, 4.69) is 16.0 Å². The zero-order valence-electron chi connectivity index (χ0n) is 9.97. The Hall–Kier alpha value is -1.40.